The van der Waals surface area contributed by atoms with Gasteiger partial charge in [-0.25, -0.2) is 0 Å². The van der Waals surface area contributed by atoms with Crippen LogP contribution in [0.3, 0.4) is 0 Å². The number of rotatable bonds is 40. The smallest absolute Gasteiger partial charge is 0.231 e. The van der Waals surface area contributed by atoms with Crippen LogP contribution in [-0.2, 0) is 0 Å². The number of unbranched alkanes of at least 4 members (excludes halogenated alkanes) is 32. The Morgan fingerprint density at radius 1 is 0.250 bits per heavy atom. The summed E-state index contributed by atoms with van der Waals surface area (Å²) in [7, 11) is 0. The molecule has 0 spiro atoms. The molecule has 4 atom stereocenters. The highest BCUT2D eigenvalue weighted by Gasteiger charge is 2.41. The summed E-state index contributed by atoms with van der Waals surface area (Å²) in [6.45, 7) is 11.6. The number of halogens is 3. The fourth-order valence-electron chi connectivity index (χ4n) is 15.3. The zero-order chi connectivity index (χ0) is 61.5. The maximum absolute atomic E-state index is 7.00. The first-order valence-electron chi connectivity index (χ1n) is 36.1. The molecule has 8 nitrogen and oxygen atoms in total. The van der Waals surface area contributed by atoms with Crippen LogP contribution in [0.1, 0.15) is 358 Å². The van der Waals surface area contributed by atoms with Gasteiger partial charge in [-0.2, -0.15) is 0 Å². The quantitative estimate of drug-likeness (QED) is 0.0408. The fourth-order valence-corrected chi connectivity index (χ4v) is 17.3. The molecule has 0 saturated heterocycles. The fraction of sp³-hybridized carbons (Fsp3) is 0.688. The third-order valence-corrected chi connectivity index (χ3v) is 22.4. The highest BCUT2D eigenvalue weighted by Crippen LogP contribution is 2.60. The molecule has 9 rings (SSSR count). The van der Waals surface area contributed by atoms with Gasteiger partial charge < -0.3 is 37.9 Å². The SMILES string of the molecule is CCCCCCCCCCCC1c2cc3c4c(C)c2OCOc2c1cc1c(c2Br)OCOc2c(cc5c(c2Br)OCOc2c(cc(c(c2Br)OCO4)C3CCCCCCCCCCC)C5CCCCCCCCCCC)C1CCCCCCCCCCC. The molecule has 8 bridgehead atoms. The van der Waals surface area contributed by atoms with E-state index < -0.39 is 0 Å². The van der Waals surface area contributed by atoms with Crippen molar-refractivity contribution in [2.24, 2.45) is 0 Å². The lowest BCUT2D eigenvalue weighted by Gasteiger charge is -2.36. The molecule has 0 saturated carbocycles. The molecule has 0 radical (unpaired) electrons. The van der Waals surface area contributed by atoms with Gasteiger partial charge in [0.2, 0.25) is 27.2 Å². The van der Waals surface area contributed by atoms with E-state index in [1.165, 1.54) is 250 Å². The molecule has 4 aromatic rings. The van der Waals surface area contributed by atoms with E-state index in [0.29, 0.717) is 0 Å². The molecule has 0 fully saturated rings. The summed E-state index contributed by atoms with van der Waals surface area (Å²) in [6.07, 6.45) is 49.3. The highest BCUT2D eigenvalue weighted by molar-refractivity contribution is 9.11. The van der Waals surface area contributed by atoms with E-state index in [-0.39, 0.29) is 50.8 Å². The van der Waals surface area contributed by atoms with Crippen molar-refractivity contribution in [3.63, 3.8) is 0 Å². The van der Waals surface area contributed by atoms with Crippen LogP contribution in [-0.4, -0.2) is 27.2 Å². The van der Waals surface area contributed by atoms with E-state index in [1.54, 1.807) is 0 Å². The largest absolute Gasteiger partial charge is 0.457 e. The maximum Gasteiger partial charge on any atom is 0.231 e. The summed E-state index contributed by atoms with van der Waals surface area (Å²) in [6, 6.07) is 10.1. The molecule has 0 N–H and O–H groups in total. The molecule has 488 valence electrons. The normalized spacial score (nSPS) is 17.6. The van der Waals surface area contributed by atoms with Crippen LogP contribution in [0.15, 0.2) is 37.7 Å². The Balaban J connectivity index is 1.23. The molecule has 11 heteroatoms. The standard InChI is InChI=1S/C77H111Br3O8/c1-6-10-14-18-22-26-30-34-38-42-55-59-46-60-56(43-39-35-31-27-23-19-15-11-7-2)62-48-64-58(45-41-37-33-29-25-21-17-13-9-4)66-49-65-57(44-40-36-32-28-24-20-16-12-8-3)63-47-61(55)72-67(78)74(63)85-52-87-76(65)69(80)77(66)88-53-86-75(64)68(79)73(62)84-51-82-71(60)54(5)70(59)81-50-83-72/h46-49,55-58H,6-45,50-53H2,1-5H3. The molecule has 4 unspecified atom stereocenters. The predicted octanol–water partition coefficient (Wildman–Crippen LogP) is 25.7. The summed E-state index contributed by atoms with van der Waals surface area (Å²) < 4.78 is 58.3. The van der Waals surface area contributed by atoms with Gasteiger partial charge >= 0.3 is 0 Å². The Kier molecular flexibility index (Phi) is 28.9. The topological polar surface area (TPSA) is 73.8 Å². The van der Waals surface area contributed by atoms with Gasteiger partial charge in [0, 0.05) is 73.7 Å². The Labute approximate surface area is 557 Å². The van der Waals surface area contributed by atoms with E-state index in [2.05, 4.69) is 107 Å². The summed E-state index contributed by atoms with van der Waals surface area (Å²) in [5.74, 6) is 6.30. The lowest BCUT2D eigenvalue weighted by atomic mass is 9.75. The Morgan fingerprint density at radius 3 is 0.602 bits per heavy atom. The number of hydrogen-bond donors (Lipinski definition) is 0. The Morgan fingerprint density at radius 2 is 0.409 bits per heavy atom. The average Bonchev–Trinajstić information content (AvgIpc) is 0.797. The van der Waals surface area contributed by atoms with E-state index in [1.807, 2.05) is 0 Å². The third kappa shape index (κ3) is 17.7. The van der Waals surface area contributed by atoms with Crippen LogP contribution in [0, 0.1) is 6.92 Å². The second kappa shape index (κ2) is 36.8. The lowest BCUT2D eigenvalue weighted by Crippen LogP contribution is -2.24. The van der Waals surface area contributed by atoms with Gasteiger partial charge in [0.05, 0.1) is 0 Å². The van der Waals surface area contributed by atoms with Crippen LogP contribution in [0.2, 0.25) is 0 Å². The van der Waals surface area contributed by atoms with E-state index in [0.717, 1.165) is 116 Å². The molecular weight excluding hydrogens is 1290 g/mol. The van der Waals surface area contributed by atoms with E-state index >= 15 is 0 Å². The van der Waals surface area contributed by atoms with Crippen molar-refractivity contribution in [3.8, 4) is 46.0 Å². The van der Waals surface area contributed by atoms with Crippen LogP contribution in [0.5, 0.6) is 46.0 Å². The first-order chi connectivity index (χ1) is 43.3. The summed E-state index contributed by atoms with van der Waals surface area (Å²) >= 11 is 12.8. The average molecular weight is 1400 g/mol. The van der Waals surface area contributed by atoms with Crippen molar-refractivity contribution < 1.29 is 37.9 Å². The van der Waals surface area contributed by atoms with Crippen molar-refractivity contribution >= 4 is 47.8 Å². The number of ether oxygens (including phenoxy) is 8. The molecule has 4 heterocycles. The van der Waals surface area contributed by atoms with Gasteiger partial charge in [-0.3, -0.25) is 0 Å². The Bertz CT molecular complexity index is 2300. The van der Waals surface area contributed by atoms with E-state index in [9.17, 15) is 0 Å². The van der Waals surface area contributed by atoms with Crippen molar-refractivity contribution in [2.45, 2.75) is 315 Å². The number of hydrogen-bond acceptors (Lipinski definition) is 8. The van der Waals surface area contributed by atoms with Gasteiger partial charge in [-0.15, -0.1) is 0 Å². The molecule has 88 heavy (non-hydrogen) atoms. The zero-order valence-electron chi connectivity index (χ0n) is 55.1. The van der Waals surface area contributed by atoms with Crippen LogP contribution >= 0.6 is 47.8 Å². The molecule has 4 aliphatic heterocycles. The van der Waals surface area contributed by atoms with Gasteiger partial charge in [0.1, 0.15) is 59.4 Å². The first-order valence-corrected chi connectivity index (χ1v) is 38.5. The molecular formula is C77H111Br3O8. The second-order valence-corrected chi connectivity index (χ2v) is 29.1. The minimum absolute atomic E-state index is 0.0205. The van der Waals surface area contributed by atoms with Gasteiger partial charge in [0.25, 0.3) is 0 Å². The van der Waals surface area contributed by atoms with Crippen molar-refractivity contribution in [1.82, 2.24) is 0 Å². The lowest BCUT2D eigenvalue weighted by molar-refractivity contribution is 0.0955. The molecule has 4 aromatic carbocycles. The van der Waals surface area contributed by atoms with Gasteiger partial charge in [-0.1, -0.05) is 259 Å². The zero-order valence-corrected chi connectivity index (χ0v) is 59.9. The summed E-state index contributed by atoms with van der Waals surface area (Å²) in [4.78, 5) is 0. The number of benzene rings is 4. The van der Waals surface area contributed by atoms with Crippen LogP contribution < -0.4 is 37.9 Å². The third-order valence-electron chi connectivity index (χ3n) is 20.2. The summed E-state index contributed by atoms with van der Waals surface area (Å²) in [5, 5.41) is 0. The monoisotopic (exact) mass is 1400 g/mol. The van der Waals surface area contributed by atoms with Crippen molar-refractivity contribution in [1.29, 1.82) is 0 Å². The molecule has 0 amide bonds. The predicted molar refractivity (Wildman–Crippen MR) is 373 cm³/mol. The van der Waals surface area contributed by atoms with E-state index in [4.69, 9.17) is 37.9 Å². The minimum atomic E-state index is -0.0625. The van der Waals surface area contributed by atoms with Crippen molar-refractivity contribution in [2.75, 3.05) is 27.2 Å². The minimum Gasteiger partial charge on any atom is -0.457 e. The van der Waals surface area contributed by atoms with Crippen LogP contribution in [0.4, 0.5) is 0 Å². The molecule has 5 aliphatic rings. The Hall–Kier alpha value is -3.28. The second-order valence-electron chi connectivity index (χ2n) is 26.7. The van der Waals surface area contributed by atoms with Crippen molar-refractivity contribution in [3.05, 3.63) is 87.8 Å². The van der Waals surface area contributed by atoms with Gasteiger partial charge in [0.15, 0.2) is 0 Å². The highest BCUT2D eigenvalue weighted by atomic mass is 79.9. The summed E-state index contributed by atoms with van der Waals surface area (Å²) in [5.41, 5.74) is 10.6. The maximum atomic E-state index is 7.00. The molecule has 1 aliphatic carbocycles. The van der Waals surface area contributed by atoms with Gasteiger partial charge in [-0.05, 0) is 105 Å². The first kappa shape index (κ1) is 69.1. The molecule has 0 aromatic heterocycles. The van der Waals surface area contributed by atoms with Crippen LogP contribution in [0.25, 0.3) is 0 Å².